The van der Waals surface area contributed by atoms with Crippen molar-refractivity contribution in [2.75, 3.05) is 12.8 Å². The van der Waals surface area contributed by atoms with Crippen LogP contribution in [-0.4, -0.2) is 19.2 Å². The highest BCUT2D eigenvalue weighted by Crippen LogP contribution is 2.21. The molecule has 2 aromatic carbocycles. The summed E-state index contributed by atoms with van der Waals surface area (Å²) in [6, 6.07) is 12.3. The predicted molar refractivity (Wildman–Crippen MR) is 86.6 cm³/mol. The molecule has 0 aliphatic carbocycles. The first kappa shape index (κ1) is 15.1. The SMILES string of the molecule is COc1ccc(Br)cc1/C=N\NC(=O)c1ccccc1N. The molecule has 0 bridgehead atoms. The molecule has 0 aromatic heterocycles. The van der Waals surface area contributed by atoms with E-state index in [1.807, 2.05) is 18.2 Å². The fourth-order valence-corrected chi connectivity index (χ4v) is 2.11. The Kier molecular flexibility index (Phi) is 4.94. The Hall–Kier alpha value is -2.34. The first-order chi connectivity index (χ1) is 10.1. The highest BCUT2D eigenvalue weighted by Gasteiger charge is 2.07. The van der Waals surface area contributed by atoms with Crippen molar-refractivity contribution in [3.05, 3.63) is 58.1 Å². The van der Waals surface area contributed by atoms with Crippen molar-refractivity contribution in [2.24, 2.45) is 5.10 Å². The van der Waals surface area contributed by atoms with Crippen LogP contribution in [0, 0.1) is 0 Å². The van der Waals surface area contributed by atoms with Gasteiger partial charge in [-0.1, -0.05) is 28.1 Å². The van der Waals surface area contributed by atoms with E-state index < -0.39 is 0 Å². The van der Waals surface area contributed by atoms with Crippen LogP contribution in [0.25, 0.3) is 0 Å². The number of benzene rings is 2. The molecule has 2 rings (SSSR count). The van der Waals surface area contributed by atoms with Gasteiger partial charge in [0.1, 0.15) is 5.75 Å². The number of ether oxygens (including phenoxy) is 1. The molecule has 1 amide bonds. The summed E-state index contributed by atoms with van der Waals surface area (Å²) in [5.74, 6) is 0.300. The highest BCUT2D eigenvalue weighted by molar-refractivity contribution is 9.10. The molecule has 3 N–H and O–H groups in total. The molecule has 5 nitrogen and oxygen atoms in total. The molecule has 0 aliphatic heterocycles. The topological polar surface area (TPSA) is 76.7 Å². The smallest absolute Gasteiger partial charge is 0.273 e. The first-order valence-electron chi connectivity index (χ1n) is 6.13. The van der Waals surface area contributed by atoms with E-state index in [4.69, 9.17) is 10.5 Å². The van der Waals surface area contributed by atoms with Crippen LogP contribution in [-0.2, 0) is 0 Å². The number of carbonyl (C=O) groups excluding carboxylic acids is 1. The Labute approximate surface area is 130 Å². The fraction of sp³-hybridized carbons (Fsp3) is 0.0667. The normalized spacial score (nSPS) is 10.6. The number of carbonyl (C=O) groups is 1. The molecule has 0 fully saturated rings. The summed E-state index contributed by atoms with van der Waals surface area (Å²) in [5.41, 5.74) is 9.71. The van der Waals surface area contributed by atoms with Gasteiger partial charge in [-0.15, -0.1) is 0 Å². The van der Waals surface area contributed by atoms with E-state index in [-0.39, 0.29) is 5.91 Å². The minimum Gasteiger partial charge on any atom is -0.496 e. The average molecular weight is 348 g/mol. The van der Waals surface area contributed by atoms with Gasteiger partial charge in [0, 0.05) is 15.7 Å². The van der Waals surface area contributed by atoms with Gasteiger partial charge in [0.2, 0.25) is 0 Å². The van der Waals surface area contributed by atoms with Crippen LogP contribution in [0.3, 0.4) is 0 Å². The van der Waals surface area contributed by atoms with Gasteiger partial charge in [-0.05, 0) is 30.3 Å². The molecule has 0 spiro atoms. The van der Waals surface area contributed by atoms with E-state index in [2.05, 4.69) is 26.5 Å². The van der Waals surface area contributed by atoms with Crippen LogP contribution in [0.4, 0.5) is 5.69 Å². The van der Waals surface area contributed by atoms with Gasteiger partial charge in [-0.25, -0.2) is 5.43 Å². The van der Waals surface area contributed by atoms with Gasteiger partial charge in [0.25, 0.3) is 5.91 Å². The molecule has 0 saturated carbocycles. The average Bonchev–Trinajstić information content (AvgIpc) is 2.48. The zero-order valence-electron chi connectivity index (χ0n) is 11.3. The maximum absolute atomic E-state index is 11.9. The third-order valence-corrected chi connectivity index (χ3v) is 3.26. The van der Waals surface area contributed by atoms with Crippen LogP contribution in [0.15, 0.2) is 52.0 Å². The molecule has 2 aromatic rings. The van der Waals surface area contributed by atoms with Crippen molar-refractivity contribution in [3.63, 3.8) is 0 Å². The van der Waals surface area contributed by atoms with Gasteiger partial charge in [-0.3, -0.25) is 4.79 Å². The van der Waals surface area contributed by atoms with E-state index in [0.29, 0.717) is 17.0 Å². The van der Waals surface area contributed by atoms with Crippen molar-refractivity contribution >= 4 is 33.7 Å². The van der Waals surface area contributed by atoms with Gasteiger partial charge in [0.15, 0.2) is 0 Å². The third kappa shape index (κ3) is 3.82. The number of para-hydroxylation sites is 1. The standard InChI is InChI=1S/C15H14BrN3O2/c1-21-14-7-6-11(16)8-10(14)9-18-19-15(20)12-4-2-3-5-13(12)17/h2-9H,17H2,1H3,(H,19,20)/b18-9-. The molecule has 0 unspecified atom stereocenters. The summed E-state index contributed by atoms with van der Waals surface area (Å²) in [6.45, 7) is 0. The minimum absolute atomic E-state index is 0.363. The lowest BCUT2D eigenvalue weighted by molar-refractivity contribution is 0.0956. The van der Waals surface area contributed by atoms with Crippen molar-refractivity contribution in [1.82, 2.24) is 5.43 Å². The maximum atomic E-state index is 11.9. The number of nitrogen functional groups attached to an aromatic ring is 1. The van der Waals surface area contributed by atoms with Gasteiger partial charge in [0.05, 0.1) is 18.9 Å². The summed E-state index contributed by atoms with van der Waals surface area (Å²) in [4.78, 5) is 11.9. The van der Waals surface area contributed by atoms with Crippen LogP contribution < -0.4 is 15.9 Å². The number of nitrogens with zero attached hydrogens (tertiary/aromatic N) is 1. The summed E-state index contributed by atoms with van der Waals surface area (Å²) in [5, 5.41) is 3.93. The molecule has 0 aliphatic rings. The molecule has 6 heteroatoms. The van der Waals surface area contributed by atoms with Gasteiger partial charge in [-0.2, -0.15) is 5.10 Å². The van der Waals surface area contributed by atoms with Crippen LogP contribution >= 0.6 is 15.9 Å². The van der Waals surface area contributed by atoms with Gasteiger partial charge < -0.3 is 10.5 Å². The molecular formula is C15H14BrN3O2. The summed E-state index contributed by atoms with van der Waals surface area (Å²) in [6.07, 6.45) is 1.51. The molecular weight excluding hydrogens is 334 g/mol. The number of nitrogens with two attached hydrogens (primary N) is 1. The van der Waals surface area contributed by atoms with E-state index in [1.54, 1.807) is 31.4 Å². The Balaban J connectivity index is 2.11. The predicted octanol–water partition coefficient (Wildman–Crippen LogP) is 2.80. The molecule has 0 atom stereocenters. The Morgan fingerprint density at radius 3 is 2.81 bits per heavy atom. The van der Waals surface area contributed by atoms with Crippen molar-refractivity contribution in [2.45, 2.75) is 0 Å². The van der Waals surface area contributed by atoms with Crippen molar-refractivity contribution < 1.29 is 9.53 Å². The summed E-state index contributed by atoms with van der Waals surface area (Å²) in [7, 11) is 1.57. The molecule has 108 valence electrons. The lowest BCUT2D eigenvalue weighted by Crippen LogP contribution is -2.19. The number of rotatable bonds is 4. The lowest BCUT2D eigenvalue weighted by atomic mass is 10.2. The van der Waals surface area contributed by atoms with Crippen LogP contribution in [0.1, 0.15) is 15.9 Å². The number of methoxy groups -OCH3 is 1. The van der Waals surface area contributed by atoms with Crippen molar-refractivity contribution in [3.8, 4) is 5.75 Å². The fourth-order valence-electron chi connectivity index (χ4n) is 1.73. The second-order valence-electron chi connectivity index (χ2n) is 4.17. The number of amides is 1. The molecule has 0 heterocycles. The molecule has 0 radical (unpaired) electrons. The number of hydrogen-bond donors (Lipinski definition) is 2. The zero-order chi connectivity index (χ0) is 15.2. The number of nitrogens with one attached hydrogen (secondary N) is 1. The lowest BCUT2D eigenvalue weighted by Gasteiger charge is -2.05. The molecule has 21 heavy (non-hydrogen) atoms. The second kappa shape index (κ2) is 6.90. The summed E-state index contributed by atoms with van der Waals surface area (Å²) < 4.78 is 6.11. The van der Waals surface area contributed by atoms with Crippen LogP contribution in [0.5, 0.6) is 5.75 Å². The number of hydrazone groups is 1. The highest BCUT2D eigenvalue weighted by atomic mass is 79.9. The van der Waals surface area contributed by atoms with Crippen LogP contribution in [0.2, 0.25) is 0 Å². The Morgan fingerprint density at radius 1 is 1.33 bits per heavy atom. The number of halogens is 1. The Morgan fingerprint density at radius 2 is 2.10 bits per heavy atom. The maximum Gasteiger partial charge on any atom is 0.273 e. The number of hydrogen-bond acceptors (Lipinski definition) is 4. The quantitative estimate of drug-likeness (QED) is 0.507. The van der Waals surface area contributed by atoms with E-state index in [1.165, 1.54) is 6.21 Å². The van der Waals surface area contributed by atoms with E-state index in [9.17, 15) is 4.79 Å². The van der Waals surface area contributed by atoms with E-state index >= 15 is 0 Å². The summed E-state index contributed by atoms with van der Waals surface area (Å²) >= 11 is 3.37. The third-order valence-electron chi connectivity index (χ3n) is 2.77. The van der Waals surface area contributed by atoms with Crippen molar-refractivity contribution in [1.29, 1.82) is 0 Å². The first-order valence-corrected chi connectivity index (χ1v) is 6.92. The largest absolute Gasteiger partial charge is 0.496 e. The van der Waals surface area contributed by atoms with Gasteiger partial charge >= 0.3 is 0 Å². The minimum atomic E-state index is -0.363. The zero-order valence-corrected chi connectivity index (χ0v) is 12.9. The number of anilines is 1. The Bertz CT molecular complexity index is 686. The second-order valence-corrected chi connectivity index (χ2v) is 5.09. The van der Waals surface area contributed by atoms with E-state index in [0.717, 1.165) is 10.0 Å². The monoisotopic (exact) mass is 347 g/mol. The molecule has 0 saturated heterocycles.